The van der Waals surface area contributed by atoms with Gasteiger partial charge in [0.2, 0.25) is 5.91 Å². The normalized spacial score (nSPS) is 15.8. The molecule has 0 radical (unpaired) electrons. The van der Waals surface area contributed by atoms with Crippen LogP contribution in [0.25, 0.3) is 0 Å². The molecule has 1 atom stereocenters. The van der Waals surface area contributed by atoms with E-state index in [2.05, 4.69) is 39.4 Å². The molecule has 3 aromatic rings. The summed E-state index contributed by atoms with van der Waals surface area (Å²) < 4.78 is 13.3. The number of hydrogen-bond acceptors (Lipinski definition) is 4. The third-order valence-electron chi connectivity index (χ3n) is 5.20. The zero-order valence-electron chi connectivity index (χ0n) is 16.1. The maximum absolute atomic E-state index is 13.3. The van der Waals surface area contributed by atoms with E-state index >= 15 is 0 Å². The van der Waals surface area contributed by atoms with E-state index in [0.29, 0.717) is 6.54 Å². The molecule has 1 saturated heterocycles. The van der Waals surface area contributed by atoms with Crippen molar-refractivity contribution in [2.75, 3.05) is 37.6 Å². The Morgan fingerprint density at radius 1 is 0.966 bits per heavy atom. The Balaban J connectivity index is 1.36. The van der Waals surface area contributed by atoms with Gasteiger partial charge in [-0.3, -0.25) is 9.69 Å². The molecule has 4 rings (SSSR count). The quantitative estimate of drug-likeness (QED) is 0.670. The van der Waals surface area contributed by atoms with Crippen molar-refractivity contribution in [1.82, 2.24) is 10.2 Å². The Kier molecular flexibility index (Phi) is 6.22. The summed E-state index contributed by atoms with van der Waals surface area (Å²) in [6.45, 7) is 3.88. The zero-order chi connectivity index (χ0) is 20.1. The predicted molar refractivity (Wildman–Crippen MR) is 116 cm³/mol. The van der Waals surface area contributed by atoms with Crippen molar-refractivity contribution in [3.8, 4) is 0 Å². The number of piperazine rings is 1. The second kappa shape index (κ2) is 9.20. The first-order chi connectivity index (χ1) is 14.2. The summed E-state index contributed by atoms with van der Waals surface area (Å²) in [6, 6.07) is 20.4. The van der Waals surface area contributed by atoms with Gasteiger partial charge in [-0.05, 0) is 41.3 Å². The molecule has 0 unspecified atom stereocenters. The molecule has 4 nitrogen and oxygen atoms in total. The summed E-state index contributed by atoms with van der Waals surface area (Å²) in [4.78, 5) is 18.3. The molecule has 2 aromatic carbocycles. The van der Waals surface area contributed by atoms with Crippen molar-refractivity contribution in [3.05, 3.63) is 88.4 Å². The third kappa shape index (κ3) is 5.02. The van der Waals surface area contributed by atoms with Gasteiger partial charge in [-0.2, -0.15) is 0 Å². The van der Waals surface area contributed by atoms with Crippen LogP contribution < -0.4 is 10.2 Å². The highest BCUT2D eigenvalue weighted by molar-refractivity contribution is 7.10. The fourth-order valence-electron chi connectivity index (χ4n) is 3.64. The molecule has 1 fully saturated rings. The number of anilines is 1. The first-order valence-electron chi connectivity index (χ1n) is 9.79. The number of halogens is 1. The molecular weight excluding hydrogens is 385 g/mol. The summed E-state index contributed by atoms with van der Waals surface area (Å²) in [5.41, 5.74) is 2.11. The van der Waals surface area contributed by atoms with E-state index in [-0.39, 0.29) is 17.8 Å². The van der Waals surface area contributed by atoms with Crippen LogP contribution in [0.15, 0.2) is 72.1 Å². The Hall–Kier alpha value is -2.70. The monoisotopic (exact) mass is 409 g/mol. The van der Waals surface area contributed by atoms with E-state index < -0.39 is 0 Å². The van der Waals surface area contributed by atoms with Crippen LogP contribution in [0.5, 0.6) is 0 Å². The van der Waals surface area contributed by atoms with E-state index in [0.717, 1.165) is 36.6 Å². The van der Waals surface area contributed by atoms with Crippen LogP contribution in [0.4, 0.5) is 10.1 Å². The SMILES string of the molecule is O=C(CN1CCN(c2ccccc2)CC1)N[C@H](c1ccc(F)cc1)c1cccs1. The lowest BCUT2D eigenvalue weighted by Crippen LogP contribution is -2.49. The molecule has 1 aliphatic heterocycles. The average molecular weight is 410 g/mol. The minimum absolute atomic E-state index is 0.0131. The highest BCUT2D eigenvalue weighted by Crippen LogP contribution is 2.26. The standard InChI is InChI=1S/C23H24FN3OS/c24-19-10-8-18(9-11-19)23(21-7-4-16-29-21)25-22(28)17-26-12-14-27(15-13-26)20-5-2-1-3-6-20/h1-11,16,23H,12-15,17H2,(H,25,28)/t23-/m1/s1. The van der Waals surface area contributed by atoms with Crippen LogP contribution in [-0.2, 0) is 4.79 Å². The van der Waals surface area contributed by atoms with Crippen LogP contribution in [0.1, 0.15) is 16.5 Å². The molecule has 29 heavy (non-hydrogen) atoms. The summed E-state index contributed by atoms with van der Waals surface area (Å²) in [6.07, 6.45) is 0. The minimum atomic E-state index is -0.277. The van der Waals surface area contributed by atoms with Crippen molar-refractivity contribution in [1.29, 1.82) is 0 Å². The van der Waals surface area contributed by atoms with Crippen molar-refractivity contribution >= 4 is 22.9 Å². The lowest BCUT2D eigenvalue weighted by atomic mass is 10.1. The number of carbonyl (C=O) groups is 1. The van der Waals surface area contributed by atoms with E-state index in [4.69, 9.17) is 0 Å². The van der Waals surface area contributed by atoms with E-state index in [9.17, 15) is 9.18 Å². The lowest BCUT2D eigenvalue weighted by molar-refractivity contribution is -0.122. The van der Waals surface area contributed by atoms with E-state index in [1.54, 1.807) is 23.5 Å². The third-order valence-corrected chi connectivity index (χ3v) is 6.13. The molecule has 1 aromatic heterocycles. The number of rotatable bonds is 6. The topological polar surface area (TPSA) is 35.6 Å². The van der Waals surface area contributed by atoms with Crippen molar-refractivity contribution in [2.45, 2.75) is 6.04 Å². The highest BCUT2D eigenvalue weighted by atomic mass is 32.1. The van der Waals surface area contributed by atoms with Crippen molar-refractivity contribution in [2.24, 2.45) is 0 Å². The van der Waals surface area contributed by atoms with Crippen molar-refractivity contribution < 1.29 is 9.18 Å². The number of nitrogens with zero attached hydrogens (tertiary/aromatic N) is 2. The molecule has 6 heteroatoms. The molecule has 1 aliphatic rings. The van der Waals surface area contributed by atoms with Gasteiger partial charge in [-0.25, -0.2) is 4.39 Å². The highest BCUT2D eigenvalue weighted by Gasteiger charge is 2.22. The van der Waals surface area contributed by atoms with Gasteiger partial charge in [0.05, 0.1) is 12.6 Å². The van der Waals surface area contributed by atoms with Crippen LogP contribution in [0.2, 0.25) is 0 Å². The zero-order valence-corrected chi connectivity index (χ0v) is 16.9. The van der Waals surface area contributed by atoms with Gasteiger partial charge in [0, 0.05) is 36.7 Å². The number of hydrogen-bond donors (Lipinski definition) is 1. The van der Waals surface area contributed by atoms with Crippen molar-refractivity contribution in [3.63, 3.8) is 0 Å². The summed E-state index contributed by atoms with van der Waals surface area (Å²) >= 11 is 1.59. The Morgan fingerprint density at radius 2 is 1.69 bits per heavy atom. The Labute approximate surface area is 174 Å². The first kappa shape index (κ1) is 19.6. The fourth-order valence-corrected chi connectivity index (χ4v) is 4.44. The summed E-state index contributed by atoms with van der Waals surface area (Å²) in [5, 5.41) is 5.13. The molecule has 1 N–H and O–H groups in total. The molecule has 150 valence electrons. The number of carbonyl (C=O) groups excluding carboxylic acids is 1. The second-order valence-corrected chi connectivity index (χ2v) is 8.15. The van der Waals surface area contributed by atoms with Gasteiger partial charge in [-0.1, -0.05) is 36.4 Å². The fraction of sp³-hybridized carbons (Fsp3) is 0.261. The maximum Gasteiger partial charge on any atom is 0.234 e. The number of benzene rings is 2. The first-order valence-corrected chi connectivity index (χ1v) is 10.7. The largest absolute Gasteiger partial charge is 0.369 e. The van der Waals surface area contributed by atoms with Gasteiger partial charge in [0.25, 0.3) is 0 Å². The summed E-state index contributed by atoms with van der Waals surface area (Å²) in [5.74, 6) is -0.290. The average Bonchev–Trinajstić information content (AvgIpc) is 3.29. The van der Waals surface area contributed by atoms with Crippen LogP contribution in [0.3, 0.4) is 0 Å². The van der Waals surface area contributed by atoms with Gasteiger partial charge >= 0.3 is 0 Å². The predicted octanol–water partition coefficient (Wildman–Crippen LogP) is 3.92. The number of thiophene rings is 1. The molecule has 1 amide bonds. The van der Waals surface area contributed by atoms with Gasteiger partial charge < -0.3 is 10.2 Å². The molecular formula is C23H24FN3OS. The van der Waals surface area contributed by atoms with E-state index in [1.807, 2.05) is 23.6 Å². The second-order valence-electron chi connectivity index (χ2n) is 7.17. The number of nitrogens with one attached hydrogen (secondary N) is 1. The van der Waals surface area contributed by atoms with Crippen LogP contribution >= 0.6 is 11.3 Å². The van der Waals surface area contributed by atoms with Gasteiger partial charge in [0.15, 0.2) is 0 Å². The molecule has 2 heterocycles. The molecule has 0 bridgehead atoms. The number of para-hydroxylation sites is 1. The maximum atomic E-state index is 13.3. The smallest absolute Gasteiger partial charge is 0.234 e. The minimum Gasteiger partial charge on any atom is -0.369 e. The number of amides is 1. The van der Waals surface area contributed by atoms with E-state index in [1.165, 1.54) is 17.8 Å². The van der Waals surface area contributed by atoms with Crippen LogP contribution in [-0.4, -0.2) is 43.5 Å². The van der Waals surface area contributed by atoms with Gasteiger partial charge in [0.1, 0.15) is 5.82 Å². The van der Waals surface area contributed by atoms with Gasteiger partial charge in [-0.15, -0.1) is 11.3 Å². The molecule has 0 spiro atoms. The summed E-state index contributed by atoms with van der Waals surface area (Å²) in [7, 11) is 0. The Morgan fingerprint density at radius 3 is 2.34 bits per heavy atom. The van der Waals surface area contributed by atoms with Crippen LogP contribution in [0, 0.1) is 5.82 Å². The lowest BCUT2D eigenvalue weighted by Gasteiger charge is -2.36. The molecule has 0 aliphatic carbocycles. The Bertz CT molecular complexity index is 907. The molecule has 0 saturated carbocycles.